The molecule has 1 amide bonds. The highest BCUT2D eigenvalue weighted by Gasteiger charge is 2.26. The molecule has 1 aromatic heterocycles. The fourth-order valence-corrected chi connectivity index (χ4v) is 3.32. The maximum atomic E-state index is 12.3. The maximum absolute atomic E-state index is 12.3. The van der Waals surface area contributed by atoms with Crippen LogP contribution in [0.1, 0.15) is 42.6 Å². The van der Waals surface area contributed by atoms with Gasteiger partial charge in [-0.1, -0.05) is 12.8 Å². The molecule has 0 aromatic carbocycles. The largest absolute Gasteiger partial charge is 0.341 e. The van der Waals surface area contributed by atoms with Gasteiger partial charge in [0.05, 0.1) is 12.5 Å². The minimum absolute atomic E-state index is 0.0887. The summed E-state index contributed by atoms with van der Waals surface area (Å²) < 4.78 is 0. The number of nitrogens with one attached hydrogen (secondary N) is 1. The van der Waals surface area contributed by atoms with E-state index in [2.05, 4.69) is 14.9 Å². The Morgan fingerprint density at radius 2 is 2.00 bits per heavy atom. The Morgan fingerprint density at radius 3 is 2.74 bits per heavy atom. The number of amides is 1. The number of hydrogen-bond donors (Lipinski definition) is 1. The summed E-state index contributed by atoms with van der Waals surface area (Å²) in [5.74, 6) is 0.0887. The maximum Gasteiger partial charge on any atom is 0.271 e. The molecule has 0 atom stereocenters. The van der Waals surface area contributed by atoms with E-state index in [0.29, 0.717) is 5.69 Å². The molecule has 19 heavy (non-hydrogen) atoms. The van der Waals surface area contributed by atoms with Crippen LogP contribution in [0, 0.1) is 0 Å². The average Bonchev–Trinajstić information content (AvgIpc) is 3.08. The van der Waals surface area contributed by atoms with Crippen LogP contribution in [0.2, 0.25) is 0 Å². The summed E-state index contributed by atoms with van der Waals surface area (Å²) in [6.45, 7) is 3.86. The number of nitrogens with zero attached hydrogens (tertiary/aromatic N) is 3. The minimum Gasteiger partial charge on any atom is -0.341 e. The topological polar surface area (TPSA) is 52.2 Å². The molecule has 1 N–H and O–H groups in total. The molecule has 0 spiro atoms. The van der Waals surface area contributed by atoms with Crippen LogP contribution in [0.15, 0.2) is 12.5 Å². The summed E-state index contributed by atoms with van der Waals surface area (Å²) in [5.41, 5.74) is 0.606. The zero-order chi connectivity index (χ0) is 13.1. The van der Waals surface area contributed by atoms with Crippen LogP contribution in [0.4, 0.5) is 0 Å². The van der Waals surface area contributed by atoms with E-state index in [1.54, 1.807) is 12.5 Å². The second-order valence-corrected chi connectivity index (χ2v) is 5.59. The number of aromatic amines is 1. The van der Waals surface area contributed by atoms with E-state index in [-0.39, 0.29) is 5.91 Å². The highest BCUT2D eigenvalue weighted by Crippen LogP contribution is 2.24. The van der Waals surface area contributed by atoms with E-state index < -0.39 is 0 Å². The van der Waals surface area contributed by atoms with E-state index in [0.717, 1.165) is 38.6 Å². The average molecular weight is 262 g/mol. The van der Waals surface area contributed by atoms with Crippen molar-refractivity contribution in [2.24, 2.45) is 0 Å². The summed E-state index contributed by atoms with van der Waals surface area (Å²) >= 11 is 0. The minimum atomic E-state index is 0.0887. The summed E-state index contributed by atoms with van der Waals surface area (Å²) in [6, 6.07) is 0.766. The summed E-state index contributed by atoms with van der Waals surface area (Å²) in [4.78, 5) is 23.7. The fraction of sp³-hybridized carbons (Fsp3) is 0.714. The van der Waals surface area contributed by atoms with Gasteiger partial charge >= 0.3 is 0 Å². The number of carbonyl (C=O) groups is 1. The van der Waals surface area contributed by atoms with Crippen molar-refractivity contribution >= 4 is 5.91 Å². The Bertz CT molecular complexity index is 411. The molecule has 3 rings (SSSR count). The van der Waals surface area contributed by atoms with Crippen molar-refractivity contribution in [3.63, 3.8) is 0 Å². The quantitative estimate of drug-likeness (QED) is 0.878. The molecule has 2 fully saturated rings. The first-order chi connectivity index (χ1) is 9.34. The SMILES string of the molecule is O=C(c1cnc[nH]1)N1CCCN(C2CCCC2)CC1. The third-order valence-corrected chi connectivity index (χ3v) is 4.39. The first-order valence-electron chi connectivity index (χ1n) is 7.36. The summed E-state index contributed by atoms with van der Waals surface area (Å²) in [6.07, 6.45) is 9.69. The molecular weight excluding hydrogens is 240 g/mol. The summed E-state index contributed by atoms with van der Waals surface area (Å²) in [5, 5.41) is 0. The molecule has 5 nitrogen and oxygen atoms in total. The molecule has 104 valence electrons. The number of aromatic nitrogens is 2. The van der Waals surface area contributed by atoms with E-state index in [1.807, 2.05) is 4.90 Å². The number of carbonyl (C=O) groups excluding carboxylic acids is 1. The molecule has 1 aromatic rings. The van der Waals surface area contributed by atoms with Crippen LogP contribution in [0.5, 0.6) is 0 Å². The zero-order valence-electron chi connectivity index (χ0n) is 11.3. The Kier molecular flexibility index (Phi) is 3.82. The molecule has 1 saturated heterocycles. The fourth-order valence-electron chi connectivity index (χ4n) is 3.32. The zero-order valence-corrected chi connectivity index (χ0v) is 11.3. The van der Waals surface area contributed by atoms with Crippen LogP contribution in [0.3, 0.4) is 0 Å². The molecule has 5 heteroatoms. The smallest absolute Gasteiger partial charge is 0.271 e. The predicted molar refractivity (Wildman–Crippen MR) is 72.9 cm³/mol. The van der Waals surface area contributed by atoms with Crippen molar-refractivity contribution < 1.29 is 4.79 Å². The summed E-state index contributed by atoms with van der Waals surface area (Å²) in [7, 11) is 0. The second kappa shape index (κ2) is 5.74. The molecule has 0 radical (unpaired) electrons. The monoisotopic (exact) mass is 262 g/mol. The Balaban J connectivity index is 1.59. The molecule has 2 heterocycles. The van der Waals surface area contributed by atoms with E-state index >= 15 is 0 Å². The van der Waals surface area contributed by atoms with Crippen molar-refractivity contribution in [1.82, 2.24) is 19.8 Å². The number of H-pyrrole nitrogens is 1. The molecule has 2 aliphatic rings. The van der Waals surface area contributed by atoms with Gasteiger partial charge in [0.1, 0.15) is 5.69 Å². The Labute approximate surface area is 114 Å². The number of imidazole rings is 1. The highest BCUT2D eigenvalue weighted by atomic mass is 16.2. The molecule has 1 saturated carbocycles. The lowest BCUT2D eigenvalue weighted by Gasteiger charge is -2.27. The third kappa shape index (κ3) is 2.81. The standard InChI is InChI=1S/C14H22N4O/c19-14(13-10-15-11-16-13)18-7-3-6-17(8-9-18)12-4-1-2-5-12/h10-12H,1-9H2,(H,15,16). The van der Waals surface area contributed by atoms with Gasteiger partial charge in [0.2, 0.25) is 0 Å². The molecule has 1 aliphatic heterocycles. The van der Waals surface area contributed by atoms with E-state index in [9.17, 15) is 4.79 Å². The second-order valence-electron chi connectivity index (χ2n) is 5.59. The van der Waals surface area contributed by atoms with Gasteiger partial charge in [-0.05, 0) is 19.3 Å². The lowest BCUT2D eigenvalue weighted by molar-refractivity contribution is 0.0753. The Morgan fingerprint density at radius 1 is 1.16 bits per heavy atom. The van der Waals surface area contributed by atoms with Crippen LogP contribution < -0.4 is 0 Å². The lowest BCUT2D eigenvalue weighted by atomic mass is 10.2. The van der Waals surface area contributed by atoms with Crippen LogP contribution in [-0.4, -0.2) is 57.9 Å². The van der Waals surface area contributed by atoms with Gasteiger partial charge in [0, 0.05) is 32.2 Å². The van der Waals surface area contributed by atoms with Crippen molar-refractivity contribution in [2.45, 2.75) is 38.1 Å². The highest BCUT2D eigenvalue weighted by molar-refractivity contribution is 5.92. The van der Waals surface area contributed by atoms with Gasteiger partial charge in [-0.2, -0.15) is 0 Å². The van der Waals surface area contributed by atoms with Gasteiger partial charge in [0.25, 0.3) is 5.91 Å². The van der Waals surface area contributed by atoms with E-state index in [1.165, 1.54) is 25.7 Å². The lowest BCUT2D eigenvalue weighted by Crippen LogP contribution is -2.38. The normalized spacial score (nSPS) is 22.6. The van der Waals surface area contributed by atoms with Gasteiger partial charge in [0.15, 0.2) is 0 Å². The molecule has 0 unspecified atom stereocenters. The van der Waals surface area contributed by atoms with Crippen LogP contribution in [-0.2, 0) is 0 Å². The van der Waals surface area contributed by atoms with Gasteiger partial charge in [-0.3, -0.25) is 9.69 Å². The first kappa shape index (κ1) is 12.7. The van der Waals surface area contributed by atoms with Crippen LogP contribution in [0.25, 0.3) is 0 Å². The molecule has 1 aliphatic carbocycles. The van der Waals surface area contributed by atoms with Gasteiger partial charge < -0.3 is 9.88 Å². The number of rotatable bonds is 2. The van der Waals surface area contributed by atoms with Crippen molar-refractivity contribution in [2.75, 3.05) is 26.2 Å². The molecule has 0 bridgehead atoms. The predicted octanol–water partition coefficient (Wildman–Crippen LogP) is 1.50. The van der Waals surface area contributed by atoms with Gasteiger partial charge in [-0.25, -0.2) is 4.98 Å². The first-order valence-corrected chi connectivity index (χ1v) is 7.36. The Hall–Kier alpha value is -1.36. The van der Waals surface area contributed by atoms with Gasteiger partial charge in [-0.15, -0.1) is 0 Å². The van der Waals surface area contributed by atoms with Crippen LogP contribution >= 0.6 is 0 Å². The van der Waals surface area contributed by atoms with Crippen molar-refractivity contribution in [3.05, 3.63) is 18.2 Å². The van der Waals surface area contributed by atoms with E-state index in [4.69, 9.17) is 0 Å². The number of hydrogen-bond acceptors (Lipinski definition) is 3. The third-order valence-electron chi connectivity index (χ3n) is 4.39. The van der Waals surface area contributed by atoms with Crippen molar-refractivity contribution in [1.29, 1.82) is 0 Å². The molecular formula is C14H22N4O. The van der Waals surface area contributed by atoms with Crippen molar-refractivity contribution in [3.8, 4) is 0 Å².